The normalized spacial score (nSPS) is 17.5. The maximum Gasteiger partial charge on any atom is 0.250 e. The van der Waals surface area contributed by atoms with Gasteiger partial charge >= 0.3 is 0 Å². The maximum absolute atomic E-state index is 10.2. The number of rotatable bonds is 5. The number of nitrogens with one attached hydrogen (secondary N) is 1. The highest BCUT2D eigenvalue weighted by atomic mass is 79.9. The van der Waals surface area contributed by atoms with Crippen LogP contribution in [-0.4, -0.2) is 78.9 Å². The first kappa shape index (κ1) is 21.2. The number of phenols is 1. The van der Waals surface area contributed by atoms with Crippen LogP contribution in [0.1, 0.15) is 5.56 Å². The number of morpholine rings is 2. The highest BCUT2D eigenvalue weighted by Crippen LogP contribution is 2.30. The molecule has 4 rings (SSSR count). The molecule has 2 aromatic rings. The number of benzene rings is 1. The lowest BCUT2D eigenvalue weighted by atomic mass is 10.2. The van der Waals surface area contributed by atoms with Crippen LogP contribution >= 0.6 is 31.9 Å². The number of aromatic hydroxyl groups is 1. The molecule has 2 aliphatic rings. The first-order chi connectivity index (χ1) is 14.6. The van der Waals surface area contributed by atoms with Gasteiger partial charge in [0.2, 0.25) is 17.8 Å². The second kappa shape index (κ2) is 9.86. The molecule has 0 aliphatic carbocycles. The molecule has 30 heavy (non-hydrogen) atoms. The number of anilines is 3. The van der Waals surface area contributed by atoms with E-state index in [2.05, 4.69) is 67.1 Å². The molecule has 12 heteroatoms. The number of hydrogen-bond acceptors (Lipinski definition) is 10. The number of hydrogen-bond donors (Lipinski definition) is 2. The number of hydrazone groups is 1. The summed E-state index contributed by atoms with van der Waals surface area (Å²) in [6.07, 6.45) is 1.51. The van der Waals surface area contributed by atoms with Crippen LogP contribution in [0.3, 0.4) is 0 Å². The van der Waals surface area contributed by atoms with Crippen molar-refractivity contribution in [3.8, 4) is 5.75 Å². The summed E-state index contributed by atoms with van der Waals surface area (Å²) in [4.78, 5) is 17.8. The van der Waals surface area contributed by atoms with Gasteiger partial charge in [-0.25, -0.2) is 5.43 Å². The molecular formula is C18H21Br2N7O3. The van der Waals surface area contributed by atoms with Crippen LogP contribution in [0.5, 0.6) is 5.75 Å². The molecule has 2 saturated heterocycles. The lowest BCUT2D eigenvalue weighted by molar-refractivity contribution is 0.121. The molecule has 0 unspecified atom stereocenters. The third kappa shape index (κ3) is 5.17. The van der Waals surface area contributed by atoms with Gasteiger partial charge in [-0.1, -0.05) is 15.9 Å². The monoisotopic (exact) mass is 541 g/mol. The van der Waals surface area contributed by atoms with E-state index in [9.17, 15) is 5.11 Å². The van der Waals surface area contributed by atoms with Gasteiger partial charge in [-0.15, -0.1) is 0 Å². The maximum atomic E-state index is 10.2. The smallest absolute Gasteiger partial charge is 0.250 e. The second-order valence-corrected chi connectivity index (χ2v) is 8.42. The molecule has 1 aromatic carbocycles. The van der Waals surface area contributed by atoms with Gasteiger partial charge in [0, 0.05) is 36.2 Å². The first-order valence-corrected chi connectivity index (χ1v) is 11.1. The number of phenolic OH excluding ortho intramolecular Hbond substituents is 1. The Morgan fingerprint density at radius 2 is 1.50 bits per heavy atom. The van der Waals surface area contributed by atoms with Gasteiger partial charge in [-0.2, -0.15) is 20.1 Å². The minimum absolute atomic E-state index is 0.0995. The van der Waals surface area contributed by atoms with Gasteiger partial charge in [0.05, 0.1) is 37.1 Å². The summed E-state index contributed by atoms with van der Waals surface area (Å²) < 4.78 is 12.3. The Labute approximate surface area is 190 Å². The van der Waals surface area contributed by atoms with Crippen molar-refractivity contribution in [3.05, 3.63) is 26.6 Å². The lowest BCUT2D eigenvalue weighted by Crippen LogP contribution is -2.40. The summed E-state index contributed by atoms with van der Waals surface area (Å²) in [6, 6.07) is 3.52. The van der Waals surface area contributed by atoms with Gasteiger partial charge in [-0.3, -0.25) is 0 Å². The first-order valence-electron chi connectivity index (χ1n) is 9.49. The predicted octanol–water partition coefficient (Wildman–Crippen LogP) is 2.22. The summed E-state index contributed by atoms with van der Waals surface area (Å²) >= 11 is 6.72. The highest BCUT2D eigenvalue weighted by Gasteiger charge is 2.20. The van der Waals surface area contributed by atoms with E-state index in [-0.39, 0.29) is 5.75 Å². The van der Waals surface area contributed by atoms with E-state index in [1.54, 1.807) is 12.1 Å². The van der Waals surface area contributed by atoms with Crippen molar-refractivity contribution < 1.29 is 14.6 Å². The molecule has 2 aliphatic heterocycles. The van der Waals surface area contributed by atoms with Crippen LogP contribution in [-0.2, 0) is 9.47 Å². The van der Waals surface area contributed by atoms with Crippen LogP contribution in [0.15, 0.2) is 26.2 Å². The second-order valence-electron chi connectivity index (χ2n) is 6.65. The van der Waals surface area contributed by atoms with Gasteiger partial charge < -0.3 is 24.4 Å². The summed E-state index contributed by atoms with van der Waals surface area (Å²) in [5.74, 6) is 1.60. The number of ether oxygens (including phenoxy) is 2. The molecule has 1 aromatic heterocycles. The van der Waals surface area contributed by atoms with Crippen LogP contribution in [0.25, 0.3) is 0 Å². The third-order valence-corrected chi connectivity index (χ3v) is 5.69. The van der Waals surface area contributed by atoms with E-state index in [4.69, 9.17) is 9.47 Å². The van der Waals surface area contributed by atoms with Crippen molar-refractivity contribution in [3.63, 3.8) is 0 Å². The molecule has 0 atom stereocenters. The Kier molecular flexibility index (Phi) is 6.97. The van der Waals surface area contributed by atoms with Crippen molar-refractivity contribution >= 4 is 55.9 Å². The molecule has 3 heterocycles. The zero-order valence-electron chi connectivity index (χ0n) is 16.1. The minimum Gasteiger partial charge on any atom is -0.506 e. The topological polar surface area (TPSA) is 108 Å². The van der Waals surface area contributed by atoms with Crippen molar-refractivity contribution in [1.29, 1.82) is 0 Å². The average Bonchev–Trinajstić information content (AvgIpc) is 2.78. The molecule has 160 valence electrons. The zero-order chi connectivity index (χ0) is 20.9. The summed E-state index contributed by atoms with van der Waals surface area (Å²) in [7, 11) is 0. The fourth-order valence-corrected chi connectivity index (χ4v) is 4.32. The van der Waals surface area contributed by atoms with E-state index < -0.39 is 0 Å². The van der Waals surface area contributed by atoms with E-state index in [1.807, 2.05) is 0 Å². The van der Waals surface area contributed by atoms with E-state index in [0.29, 0.717) is 54.3 Å². The van der Waals surface area contributed by atoms with Crippen LogP contribution < -0.4 is 15.2 Å². The third-order valence-electron chi connectivity index (χ3n) is 4.63. The molecule has 2 fully saturated rings. The Bertz CT molecular complexity index is 883. The van der Waals surface area contributed by atoms with Gasteiger partial charge in [-0.05, 0) is 28.1 Å². The van der Waals surface area contributed by atoms with Crippen molar-refractivity contribution in [1.82, 2.24) is 15.0 Å². The lowest BCUT2D eigenvalue weighted by Gasteiger charge is -2.30. The molecular weight excluding hydrogens is 522 g/mol. The quantitative estimate of drug-likeness (QED) is 0.434. The van der Waals surface area contributed by atoms with Crippen molar-refractivity contribution in [2.24, 2.45) is 5.10 Å². The van der Waals surface area contributed by atoms with Crippen LogP contribution in [0, 0.1) is 0 Å². The Morgan fingerprint density at radius 3 is 2.07 bits per heavy atom. The SMILES string of the molecule is Oc1c(Br)cc(Br)cc1C=NNc1nc(N2CCOCC2)nc(N2CCOCC2)n1. The average molecular weight is 543 g/mol. The Hall–Kier alpha value is -2.02. The number of halogens is 2. The molecule has 0 spiro atoms. The molecule has 0 saturated carbocycles. The Morgan fingerprint density at radius 1 is 0.933 bits per heavy atom. The predicted molar refractivity (Wildman–Crippen MR) is 121 cm³/mol. The molecule has 10 nitrogen and oxygen atoms in total. The zero-order valence-corrected chi connectivity index (χ0v) is 19.3. The number of nitrogens with zero attached hydrogens (tertiary/aromatic N) is 6. The largest absolute Gasteiger partial charge is 0.506 e. The fourth-order valence-electron chi connectivity index (χ4n) is 3.06. The fraction of sp³-hybridized carbons (Fsp3) is 0.444. The molecule has 2 N–H and O–H groups in total. The summed E-state index contributed by atoms with van der Waals surface area (Å²) in [5, 5.41) is 14.4. The molecule has 0 amide bonds. The van der Waals surface area contributed by atoms with Gasteiger partial charge in [0.1, 0.15) is 5.75 Å². The minimum atomic E-state index is 0.0995. The van der Waals surface area contributed by atoms with Crippen molar-refractivity contribution in [2.75, 3.05) is 67.8 Å². The Balaban J connectivity index is 1.58. The highest BCUT2D eigenvalue weighted by molar-refractivity contribution is 9.11. The molecule has 0 bridgehead atoms. The van der Waals surface area contributed by atoms with E-state index in [0.717, 1.165) is 30.7 Å². The summed E-state index contributed by atoms with van der Waals surface area (Å²) in [5.41, 5.74) is 3.41. The van der Waals surface area contributed by atoms with Crippen molar-refractivity contribution in [2.45, 2.75) is 0 Å². The number of aromatic nitrogens is 3. The van der Waals surface area contributed by atoms with E-state index >= 15 is 0 Å². The standard InChI is InChI=1S/C18H21Br2N7O3/c19-13-9-12(15(28)14(20)10-13)11-21-25-16-22-17(26-1-5-29-6-2-26)24-18(23-16)27-3-7-30-8-4-27/h9-11,28H,1-8H2,(H,22,23,24,25). The summed E-state index contributed by atoms with van der Waals surface area (Å²) in [6.45, 7) is 5.41. The molecule has 0 radical (unpaired) electrons. The van der Waals surface area contributed by atoms with Crippen LogP contribution in [0.2, 0.25) is 0 Å². The van der Waals surface area contributed by atoms with Gasteiger partial charge in [0.15, 0.2) is 0 Å². The van der Waals surface area contributed by atoms with Gasteiger partial charge in [0.25, 0.3) is 0 Å². The van der Waals surface area contributed by atoms with Crippen LogP contribution in [0.4, 0.5) is 17.8 Å². The van der Waals surface area contributed by atoms with E-state index in [1.165, 1.54) is 6.21 Å².